The molecule has 0 saturated carbocycles. The third kappa shape index (κ3) is 3.21. The highest BCUT2D eigenvalue weighted by atomic mass is 16.3. The first-order valence-electron chi connectivity index (χ1n) is 7.16. The van der Waals surface area contributed by atoms with Crippen LogP contribution in [0.25, 0.3) is 10.9 Å². The van der Waals surface area contributed by atoms with Crippen LogP contribution in [0.5, 0.6) is 5.88 Å². The summed E-state index contributed by atoms with van der Waals surface area (Å²) in [6.07, 6.45) is 3.30. The van der Waals surface area contributed by atoms with Gasteiger partial charge in [-0.2, -0.15) is 4.98 Å². The van der Waals surface area contributed by atoms with Crippen molar-refractivity contribution >= 4 is 22.6 Å². The van der Waals surface area contributed by atoms with Gasteiger partial charge in [0.2, 0.25) is 11.8 Å². The molecule has 0 bridgehead atoms. The third-order valence-corrected chi connectivity index (χ3v) is 3.68. The van der Waals surface area contributed by atoms with E-state index in [2.05, 4.69) is 9.97 Å². The summed E-state index contributed by atoms with van der Waals surface area (Å²) < 4.78 is 0. The number of fused-ring (bicyclic) bond motifs is 1. The predicted molar refractivity (Wildman–Crippen MR) is 88.0 cm³/mol. The number of nitrogen functional groups attached to an aromatic ring is 1. The van der Waals surface area contributed by atoms with E-state index in [0.29, 0.717) is 16.5 Å². The molecule has 6 nitrogen and oxygen atoms in total. The largest absolute Gasteiger partial charge is 0.493 e. The number of pyridine rings is 2. The van der Waals surface area contributed by atoms with Gasteiger partial charge >= 0.3 is 0 Å². The van der Waals surface area contributed by atoms with Crippen LogP contribution in [0.3, 0.4) is 0 Å². The van der Waals surface area contributed by atoms with Crippen molar-refractivity contribution in [3.63, 3.8) is 0 Å². The number of aromatic nitrogens is 2. The fraction of sp³-hybridized carbons (Fsp3) is 0.118. The molecule has 0 aliphatic heterocycles. The van der Waals surface area contributed by atoms with Crippen molar-refractivity contribution in [2.45, 2.75) is 12.8 Å². The van der Waals surface area contributed by atoms with Crippen LogP contribution in [0, 0.1) is 0 Å². The molecular formula is C17H16N4O2. The number of primary amides is 1. The average molecular weight is 308 g/mol. The number of aryl methyl sites for hydroxylation is 2. The molecule has 3 aromatic rings. The van der Waals surface area contributed by atoms with Crippen LogP contribution in [-0.2, 0) is 12.8 Å². The quantitative estimate of drug-likeness (QED) is 0.679. The third-order valence-electron chi connectivity index (χ3n) is 3.68. The Morgan fingerprint density at radius 3 is 2.48 bits per heavy atom. The maximum atomic E-state index is 11.0. The smallest absolute Gasteiger partial charge is 0.248 e. The van der Waals surface area contributed by atoms with Crippen LogP contribution in [0.1, 0.15) is 21.5 Å². The zero-order valence-corrected chi connectivity index (χ0v) is 12.4. The van der Waals surface area contributed by atoms with E-state index >= 15 is 0 Å². The van der Waals surface area contributed by atoms with Crippen LogP contribution >= 0.6 is 0 Å². The number of rotatable bonds is 4. The minimum atomic E-state index is -0.433. The lowest BCUT2D eigenvalue weighted by Gasteiger charge is -2.06. The molecule has 0 aliphatic rings. The van der Waals surface area contributed by atoms with E-state index in [4.69, 9.17) is 11.5 Å². The van der Waals surface area contributed by atoms with E-state index in [0.717, 1.165) is 24.0 Å². The molecule has 0 fully saturated rings. The van der Waals surface area contributed by atoms with Crippen molar-refractivity contribution in [1.82, 2.24) is 9.97 Å². The van der Waals surface area contributed by atoms with Gasteiger partial charge in [0.15, 0.2) is 0 Å². The van der Waals surface area contributed by atoms with E-state index < -0.39 is 5.91 Å². The molecule has 2 heterocycles. The summed E-state index contributed by atoms with van der Waals surface area (Å²) in [7, 11) is 0. The summed E-state index contributed by atoms with van der Waals surface area (Å²) in [5, 5.41) is 10.5. The van der Waals surface area contributed by atoms with E-state index in [1.807, 2.05) is 18.2 Å². The monoisotopic (exact) mass is 308 g/mol. The van der Waals surface area contributed by atoms with E-state index in [1.165, 1.54) is 0 Å². The van der Waals surface area contributed by atoms with Gasteiger partial charge in [0.25, 0.3) is 0 Å². The van der Waals surface area contributed by atoms with Crippen LogP contribution < -0.4 is 11.5 Å². The van der Waals surface area contributed by atoms with Crippen LogP contribution in [-0.4, -0.2) is 21.0 Å². The first kappa shape index (κ1) is 14.8. The second-order valence-corrected chi connectivity index (χ2v) is 5.34. The highest BCUT2D eigenvalue weighted by Gasteiger charge is 2.06. The molecule has 23 heavy (non-hydrogen) atoms. The number of aromatic hydroxyl groups is 1. The Bertz CT molecular complexity index is 876. The lowest BCUT2D eigenvalue weighted by Crippen LogP contribution is -2.10. The van der Waals surface area contributed by atoms with Gasteiger partial charge in [-0.25, -0.2) is 0 Å². The summed E-state index contributed by atoms with van der Waals surface area (Å²) in [6.45, 7) is 0. The van der Waals surface area contributed by atoms with Crippen LogP contribution in [0.2, 0.25) is 0 Å². The molecule has 116 valence electrons. The summed E-state index contributed by atoms with van der Waals surface area (Å²) in [5.41, 5.74) is 14.0. The van der Waals surface area contributed by atoms with Gasteiger partial charge in [0.1, 0.15) is 5.82 Å². The molecule has 1 aromatic carbocycles. The lowest BCUT2D eigenvalue weighted by atomic mass is 10.0. The maximum absolute atomic E-state index is 11.0. The van der Waals surface area contributed by atoms with Gasteiger partial charge in [-0.3, -0.25) is 9.78 Å². The zero-order valence-electron chi connectivity index (χ0n) is 12.4. The predicted octanol–water partition coefficient (Wildman–Crippen LogP) is 1.80. The van der Waals surface area contributed by atoms with Crippen LogP contribution in [0.15, 0.2) is 42.6 Å². The van der Waals surface area contributed by atoms with Gasteiger partial charge in [0.05, 0.1) is 10.9 Å². The lowest BCUT2D eigenvalue weighted by molar-refractivity contribution is 0.100. The number of benzene rings is 1. The number of nitrogens with zero attached hydrogens (tertiary/aromatic N) is 2. The SMILES string of the molecule is NC(=O)c1ccc(CCc2cnc3cc(N)nc(O)c3c2)cc1. The zero-order chi connectivity index (χ0) is 16.4. The summed E-state index contributed by atoms with van der Waals surface area (Å²) in [6, 6.07) is 10.7. The fourth-order valence-electron chi connectivity index (χ4n) is 2.43. The van der Waals surface area contributed by atoms with Gasteiger partial charge in [-0.1, -0.05) is 12.1 Å². The number of nitrogens with two attached hydrogens (primary N) is 2. The van der Waals surface area contributed by atoms with Gasteiger partial charge in [-0.05, 0) is 42.2 Å². The second kappa shape index (κ2) is 5.92. The average Bonchev–Trinajstić information content (AvgIpc) is 2.53. The molecule has 1 amide bonds. The number of hydrogen-bond acceptors (Lipinski definition) is 5. The van der Waals surface area contributed by atoms with Crippen molar-refractivity contribution in [2.75, 3.05) is 5.73 Å². The molecular weight excluding hydrogens is 292 g/mol. The molecule has 0 atom stereocenters. The van der Waals surface area contributed by atoms with E-state index in [9.17, 15) is 9.90 Å². The Hall–Kier alpha value is -3.15. The first-order valence-corrected chi connectivity index (χ1v) is 7.16. The highest BCUT2D eigenvalue weighted by Crippen LogP contribution is 2.24. The van der Waals surface area contributed by atoms with Gasteiger partial charge < -0.3 is 16.6 Å². The molecule has 0 unspecified atom stereocenters. The summed E-state index contributed by atoms with van der Waals surface area (Å²) >= 11 is 0. The number of carbonyl (C=O) groups is 1. The molecule has 2 aromatic heterocycles. The number of amides is 1. The summed E-state index contributed by atoms with van der Waals surface area (Å²) in [4.78, 5) is 19.2. The highest BCUT2D eigenvalue weighted by molar-refractivity contribution is 5.92. The second-order valence-electron chi connectivity index (χ2n) is 5.34. The minimum absolute atomic E-state index is 0.111. The Labute approximate surface area is 132 Å². The molecule has 0 saturated heterocycles. The maximum Gasteiger partial charge on any atom is 0.248 e. The van der Waals surface area contributed by atoms with E-state index in [-0.39, 0.29) is 11.7 Å². The van der Waals surface area contributed by atoms with Crippen molar-refractivity contribution in [1.29, 1.82) is 0 Å². The Kier molecular flexibility index (Phi) is 3.80. The van der Waals surface area contributed by atoms with E-state index in [1.54, 1.807) is 24.4 Å². The molecule has 0 aliphatic carbocycles. The number of carbonyl (C=O) groups excluding carboxylic acids is 1. The van der Waals surface area contributed by atoms with Gasteiger partial charge in [0, 0.05) is 17.8 Å². The first-order chi connectivity index (χ1) is 11.0. The standard InChI is InChI=1S/C17H16N4O2/c18-15-8-14-13(17(23)21-15)7-11(9-20-14)2-1-10-3-5-12(6-4-10)16(19)22/h3-9H,1-2H2,(H2,19,22)(H3,18,21,23). The fourth-order valence-corrected chi connectivity index (χ4v) is 2.43. The van der Waals surface area contributed by atoms with Crippen molar-refractivity contribution in [3.05, 3.63) is 59.3 Å². The number of anilines is 1. The topological polar surface area (TPSA) is 115 Å². The Morgan fingerprint density at radius 2 is 1.78 bits per heavy atom. The molecule has 3 rings (SSSR count). The van der Waals surface area contributed by atoms with Crippen molar-refractivity contribution in [3.8, 4) is 5.88 Å². The molecule has 0 spiro atoms. The number of hydrogen-bond donors (Lipinski definition) is 3. The Morgan fingerprint density at radius 1 is 1.09 bits per heavy atom. The Balaban J connectivity index is 1.78. The molecule has 6 heteroatoms. The molecule has 0 radical (unpaired) electrons. The van der Waals surface area contributed by atoms with Crippen LogP contribution in [0.4, 0.5) is 5.82 Å². The van der Waals surface area contributed by atoms with Crippen molar-refractivity contribution < 1.29 is 9.90 Å². The van der Waals surface area contributed by atoms with Crippen molar-refractivity contribution in [2.24, 2.45) is 5.73 Å². The minimum Gasteiger partial charge on any atom is -0.493 e. The molecule has 5 N–H and O–H groups in total. The normalized spacial score (nSPS) is 10.8. The summed E-state index contributed by atoms with van der Waals surface area (Å²) in [5.74, 6) is -0.303. The van der Waals surface area contributed by atoms with Gasteiger partial charge in [-0.15, -0.1) is 0 Å².